The van der Waals surface area contributed by atoms with Gasteiger partial charge in [-0.3, -0.25) is 33.6 Å². The number of nitrogens with one attached hydrogen (secondary N) is 5. The SMILES string of the molecule is CC(C)C(=O)CNC(=O)CNC(=O)CNC(=O)CNC(=O)[C@H](CO[C@@H]1OC(CO)[C@@H](O)[C@H](O)C1O)NC(=O)CCC(=O)N1Cc2ccccc2-c2c(nnn2C(C)(C)C)-c2ccccc21. The van der Waals surface area contributed by atoms with Gasteiger partial charge in [0.15, 0.2) is 12.1 Å². The van der Waals surface area contributed by atoms with E-state index in [0.717, 1.165) is 16.8 Å². The van der Waals surface area contributed by atoms with Gasteiger partial charge in [0.2, 0.25) is 35.4 Å². The summed E-state index contributed by atoms with van der Waals surface area (Å²) in [5.41, 5.74) is 3.75. The Morgan fingerprint density at radius 2 is 1.38 bits per heavy atom. The third kappa shape index (κ3) is 12.8. The first-order chi connectivity index (χ1) is 30.8. The van der Waals surface area contributed by atoms with Gasteiger partial charge in [0.25, 0.3) is 0 Å². The molecular weight excluding hydrogens is 851 g/mol. The Morgan fingerprint density at radius 1 is 0.785 bits per heavy atom. The average molecular weight is 908 g/mol. The number of Topliss-reactive ketones (excluding diaryl/α,β-unsaturated/α-hetero) is 1. The maximum atomic E-state index is 14.1. The van der Waals surface area contributed by atoms with Gasteiger partial charge in [-0.05, 0) is 32.4 Å². The molecule has 65 heavy (non-hydrogen) atoms. The van der Waals surface area contributed by atoms with Gasteiger partial charge in [-0.15, -0.1) is 5.10 Å². The third-order valence-electron chi connectivity index (χ3n) is 10.6. The maximum absolute atomic E-state index is 14.1. The van der Waals surface area contributed by atoms with Crippen LogP contribution in [0, 0.1) is 5.92 Å². The molecule has 22 heteroatoms. The van der Waals surface area contributed by atoms with E-state index in [9.17, 15) is 54.0 Å². The molecule has 2 aliphatic rings. The molecule has 2 aliphatic heterocycles. The Kier molecular flexibility index (Phi) is 17.0. The first-order valence-electron chi connectivity index (χ1n) is 21.1. The Morgan fingerprint density at radius 3 is 2.02 bits per heavy atom. The van der Waals surface area contributed by atoms with Crippen molar-refractivity contribution in [3.63, 3.8) is 0 Å². The summed E-state index contributed by atoms with van der Waals surface area (Å²) < 4.78 is 12.8. The Hall–Kier alpha value is -6.17. The van der Waals surface area contributed by atoms with Crippen LogP contribution in [0.15, 0.2) is 48.5 Å². The Balaban J connectivity index is 1.24. The van der Waals surface area contributed by atoms with E-state index in [1.807, 2.05) is 61.9 Å². The van der Waals surface area contributed by atoms with E-state index in [4.69, 9.17) is 9.47 Å². The van der Waals surface area contributed by atoms with Gasteiger partial charge in [0, 0.05) is 29.9 Å². The monoisotopic (exact) mass is 907 g/mol. The van der Waals surface area contributed by atoms with Crippen LogP contribution >= 0.6 is 0 Å². The predicted molar refractivity (Wildman–Crippen MR) is 230 cm³/mol. The van der Waals surface area contributed by atoms with E-state index in [1.165, 1.54) is 0 Å². The number of aliphatic hydroxyl groups excluding tert-OH is 4. The minimum Gasteiger partial charge on any atom is -0.394 e. The topological polar surface area (TPSA) is 313 Å². The van der Waals surface area contributed by atoms with Crippen LogP contribution in [0.25, 0.3) is 22.5 Å². The number of aliphatic hydroxyl groups is 4. The summed E-state index contributed by atoms with van der Waals surface area (Å²) in [6.45, 7) is 6.11. The lowest BCUT2D eigenvalue weighted by Gasteiger charge is -2.39. The van der Waals surface area contributed by atoms with Crippen molar-refractivity contribution in [2.24, 2.45) is 5.92 Å². The zero-order chi connectivity index (χ0) is 47.6. The van der Waals surface area contributed by atoms with Crippen LogP contribution in [0.5, 0.6) is 0 Å². The van der Waals surface area contributed by atoms with Crippen LogP contribution < -0.4 is 31.5 Å². The second-order valence-corrected chi connectivity index (χ2v) is 16.8. The number of rotatable bonds is 18. The van der Waals surface area contributed by atoms with E-state index >= 15 is 0 Å². The number of ether oxygens (including phenoxy) is 2. The summed E-state index contributed by atoms with van der Waals surface area (Å²) >= 11 is 0. The smallest absolute Gasteiger partial charge is 0.245 e. The molecule has 0 bridgehead atoms. The predicted octanol–water partition coefficient (Wildman–Crippen LogP) is -2.01. The highest BCUT2D eigenvalue weighted by molar-refractivity contribution is 6.01. The summed E-state index contributed by atoms with van der Waals surface area (Å²) in [6, 6.07) is 13.2. The number of para-hydroxylation sites is 1. The number of anilines is 1. The maximum Gasteiger partial charge on any atom is 0.245 e. The van der Waals surface area contributed by atoms with Gasteiger partial charge in [-0.25, -0.2) is 4.68 Å². The van der Waals surface area contributed by atoms with E-state index in [1.54, 1.807) is 30.9 Å². The molecule has 352 valence electrons. The summed E-state index contributed by atoms with van der Waals surface area (Å²) in [7, 11) is 0. The largest absolute Gasteiger partial charge is 0.394 e. The van der Waals surface area contributed by atoms with Crippen LogP contribution in [-0.4, -0.2) is 153 Å². The van der Waals surface area contributed by atoms with Crippen molar-refractivity contribution < 1.29 is 63.5 Å². The number of carbonyl (C=O) groups excluding carboxylic acids is 7. The van der Waals surface area contributed by atoms with Crippen molar-refractivity contribution >= 4 is 46.9 Å². The number of hydrogen-bond acceptors (Lipinski definition) is 15. The highest BCUT2D eigenvalue weighted by atomic mass is 16.7. The second kappa shape index (κ2) is 22.1. The number of aromatic nitrogens is 3. The fourth-order valence-electron chi connectivity index (χ4n) is 6.88. The molecule has 2 unspecified atom stereocenters. The number of hydrogen-bond donors (Lipinski definition) is 9. The van der Waals surface area contributed by atoms with E-state index in [-0.39, 0.29) is 31.2 Å². The van der Waals surface area contributed by atoms with Crippen LogP contribution in [0.3, 0.4) is 0 Å². The minimum absolute atomic E-state index is 0.139. The lowest BCUT2D eigenvalue weighted by molar-refractivity contribution is -0.301. The van der Waals surface area contributed by atoms with Crippen molar-refractivity contribution in [3.8, 4) is 22.5 Å². The summed E-state index contributed by atoms with van der Waals surface area (Å²) in [4.78, 5) is 91.1. The molecule has 22 nitrogen and oxygen atoms in total. The summed E-state index contributed by atoms with van der Waals surface area (Å²) in [6.07, 6.45) is -9.11. The van der Waals surface area contributed by atoms with Crippen molar-refractivity contribution in [1.29, 1.82) is 0 Å². The molecule has 9 N–H and O–H groups in total. The number of nitrogens with zero attached hydrogens (tertiary/aromatic N) is 4. The normalized spacial score (nSPS) is 19.6. The molecule has 6 amide bonds. The van der Waals surface area contributed by atoms with Gasteiger partial charge < -0.3 is 61.4 Å². The summed E-state index contributed by atoms with van der Waals surface area (Å²) in [5, 5.41) is 61.3. The van der Waals surface area contributed by atoms with Crippen LogP contribution in [0.4, 0.5) is 5.69 Å². The number of ketones is 1. The first kappa shape index (κ1) is 49.8. The van der Waals surface area contributed by atoms with Crippen LogP contribution in [-0.2, 0) is 55.1 Å². The van der Waals surface area contributed by atoms with Crippen molar-refractivity contribution in [3.05, 3.63) is 54.1 Å². The molecule has 0 radical (unpaired) electrons. The molecule has 3 aromatic rings. The van der Waals surface area contributed by atoms with Gasteiger partial charge in [-0.2, -0.15) is 0 Å². The highest BCUT2D eigenvalue weighted by Crippen LogP contribution is 2.42. The molecule has 6 atom stereocenters. The van der Waals surface area contributed by atoms with Gasteiger partial charge >= 0.3 is 0 Å². The Bertz CT molecular complexity index is 2220. The van der Waals surface area contributed by atoms with Gasteiger partial charge in [-0.1, -0.05) is 61.5 Å². The molecule has 1 saturated heterocycles. The van der Waals surface area contributed by atoms with Crippen LogP contribution in [0.1, 0.15) is 53.0 Å². The lowest BCUT2D eigenvalue weighted by Crippen LogP contribution is -2.60. The number of amides is 6. The molecule has 5 rings (SSSR count). The lowest BCUT2D eigenvalue weighted by atomic mass is 9.94. The van der Waals surface area contributed by atoms with E-state index in [2.05, 4.69) is 36.9 Å². The average Bonchev–Trinajstić information content (AvgIpc) is 3.73. The van der Waals surface area contributed by atoms with E-state index < -0.39 is 117 Å². The van der Waals surface area contributed by atoms with Gasteiger partial charge in [0.1, 0.15) is 36.2 Å². The minimum atomic E-state index is -1.84. The zero-order valence-electron chi connectivity index (χ0n) is 36.8. The molecule has 2 aromatic carbocycles. The number of fused-ring (bicyclic) bond motifs is 5. The first-order valence-corrected chi connectivity index (χ1v) is 21.1. The summed E-state index contributed by atoms with van der Waals surface area (Å²) in [5.74, 6) is -4.89. The van der Waals surface area contributed by atoms with E-state index in [0.29, 0.717) is 16.9 Å². The van der Waals surface area contributed by atoms with Crippen molar-refractivity contribution in [2.75, 3.05) is 44.3 Å². The standard InChI is InChI=1S/C43H57N9O13/c1-23(2)29(54)16-44-32(56)17-45-33(57)18-46-34(58)19-47-41(63)27(22-64-42-40(62)39(61)38(60)30(21-53)65-42)48-31(55)14-15-35(59)51-20-24-10-6-7-11-25(24)37-36(26-12-8-9-13-28(26)51)49-50-52(37)43(3,4)5/h6-13,23,27,30,38-40,42,53,60-62H,14-22H2,1-5H3,(H,44,56)(H,45,57)(H,46,58)(H,47,63)(H,48,55)/t27-,30?,38+,39-,40?,42+/m0/s1. The Labute approximate surface area is 374 Å². The molecule has 1 fully saturated rings. The third-order valence-corrected chi connectivity index (χ3v) is 10.6. The number of carbonyl (C=O) groups is 7. The van der Waals surface area contributed by atoms with Gasteiger partial charge in [0.05, 0.1) is 62.9 Å². The zero-order valence-corrected chi connectivity index (χ0v) is 36.8. The molecule has 3 heterocycles. The van der Waals surface area contributed by atoms with Crippen LogP contribution in [0.2, 0.25) is 0 Å². The molecule has 1 aromatic heterocycles. The van der Waals surface area contributed by atoms with Crippen molar-refractivity contribution in [2.45, 2.75) is 96.3 Å². The molecule has 0 saturated carbocycles. The quantitative estimate of drug-likeness (QED) is 0.0666. The molecule has 0 aliphatic carbocycles. The number of benzene rings is 2. The fraction of sp³-hybridized carbons (Fsp3) is 0.512. The fourth-order valence-corrected chi connectivity index (χ4v) is 6.88. The highest BCUT2D eigenvalue weighted by Gasteiger charge is 2.44. The van der Waals surface area contributed by atoms with Crippen molar-refractivity contribution in [1.82, 2.24) is 41.6 Å². The molecular formula is C43H57N9O13. The second-order valence-electron chi connectivity index (χ2n) is 16.8. The molecule has 0 spiro atoms.